The van der Waals surface area contributed by atoms with Gasteiger partial charge in [0.25, 0.3) is 0 Å². The Kier molecular flexibility index (Phi) is 2.79. The van der Waals surface area contributed by atoms with Gasteiger partial charge in [0.2, 0.25) is 0 Å². The quantitative estimate of drug-likeness (QED) is 0.730. The van der Waals surface area contributed by atoms with Crippen LogP contribution in [0.3, 0.4) is 0 Å². The monoisotopic (exact) mass is 194 g/mol. The van der Waals surface area contributed by atoms with E-state index in [1.165, 1.54) is 0 Å². The highest BCUT2D eigenvalue weighted by molar-refractivity contribution is 5.88. The minimum absolute atomic E-state index is 0.00343. The van der Waals surface area contributed by atoms with Crippen LogP contribution in [0.5, 0.6) is 0 Å². The molecule has 0 aromatic heterocycles. The van der Waals surface area contributed by atoms with Gasteiger partial charge in [0.05, 0.1) is 17.2 Å². The van der Waals surface area contributed by atoms with E-state index in [2.05, 4.69) is 0 Å². The molecule has 0 saturated carbocycles. The van der Waals surface area contributed by atoms with E-state index in [1.54, 1.807) is 6.07 Å². The fourth-order valence-corrected chi connectivity index (χ4v) is 1.05. The molecule has 0 unspecified atom stereocenters. The minimum atomic E-state index is -1.37. The first-order valence-corrected chi connectivity index (χ1v) is 3.76. The van der Waals surface area contributed by atoms with Gasteiger partial charge in [-0.05, 0) is 17.7 Å². The second-order valence-corrected chi connectivity index (χ2v) is 2.61. The molecule has 0 heterocycles. The van der Waals surface area contributed by atoms with Gasteiger partial charge in [-0.2, -0.15) is 5.26 Å². The van der Waals surface area contributed by atoms with Crippen molar-refractivity contribution in [3.8, 4) is 6.07 Å². The standard InChI is InChI=1S/C9H7FN2O2/c10-8-2-6(4-12)5(3-11)1-7(8)9(13)14/h1-2H,3,11H2,(H,13,14). The molecule has 5 heteroatoms. The summed E-state index contributed by atoms with van der Waals surface area (Å²) in [6.45, 7) is 0.00343. The van der Waals surface area contributed by atoms with Gasteiger partial charge in [0.1, 0.15) is 5.82 Å². The zero-order valence-electron chi connectivity index (χ0n) is 7.12. The number of halogens is 1. The van der Waals surface area contributed by atoms with Crippen LogP contribution in [0.4, 0.5) is 4.39 Å². The highest BCUT2D eigenvalue weighted by atomic mass is 19.1. The molecular weight excluding hydrogens is 187 g/mol. The van der Waals surface area contributed by atoms with Crippen LogP contribution in [-0.4, -0.2) is 11.1 Å². The van der Waals surface area contributed by atoms with Crippen LogP contribution in [0, 0.1) is 17.1 Å². The van der Waals surface area contributed by atoms with Gasteiger partial charge in [-0.15, -0.1) is 0 Å². The predicted octanol–water partition coefficient (Wildman–Crippen LogP) is 0.854. The van der Waals surface area contributed by atoms with Crippen molar-refractivity contribution in [3.63, 3.8) is 0 Å². The van der Waals surface area contributed by atoms with E-state index in [0.717, 1.165) is 12.1 Å². The van der Waals surface area contributed by atoms with E-state index in [1.807, 2.05) is 0 Å². The van der Waals surface area contributed by atoms with Crippen molar-refractivity contribution in [2.75, 3.05) is 0 Å². The normalized spacial score (nSPS) is 9.50. The lowest BCUT2D eigenvalue weighted by molar-refractivity contribution is 0.0692. The van der Waals surface area contributed by atoms with Crippen LogP contribution >= 0.6 is 0 Å². The molecule has 4 nitrogen and oxygen atoms in total. The number of carbonyl (C=O) groups is 1. The molecule has 0 radical (unpaired) electrons. The SMILES string of the molecule is N#Cc1cc(F)c(C(=O)O)cc1CN. The summed E-state index contributed by atoms with van der Waals surface area (Å²) in [5, 5.41) is 17.2. The van der Waals surface area contributed by atoms with E-state index in [9.17, 15) is 9.18 Å². The third kappa shape index (κ3) is 1.70. The first-order valence-electron chi connectivity index (χ1n) is 3.76. The van der Waals surface area contributed by atoms with Crippen LogP contribution in [0.2, 0.25) is 0 Å². The number of hydrogen-bond acceptors (Lipinski definition) is 3. The predicted molar refractivity (Wildman–Crippen MR) is 46.0 cm³/mol. The molecule has 0 aliphatic rings. The zero-order valence-corrected chi connectivity index (χ0v) is 7.12. The molecule has 0 spiro atoms. The number of hydrogen-bond donors (Lipinski definition) is 2. The lowest BCUT2D eigenvalue weighted by Crippen LogP contribution is -2.06. The van der Waals surface area contributed by atoms with Crippen molar-refractivity contribution in [1.29, 1.82) is 5.26 Å². The Bertz CT molecular complexity index is 424. The Morgan fingerprint density at radius 2 is 2.29 bits per heavy atom. The summed E-state index contributed by atoms with van der Waals surface area (Å²) in [5.74, 6) is -2.30. The molecule has 0 aliphatic carbocycles. The topological polar surface area (TPSA) is 87.1 Å². The van der Waals surface area contributed by atoms with Gasteiger partial charge in [-0.3, -0.25) is 0 Å². The van der Waals surface area contributed by atoms with Crippen LogP contribution < -0.4 is 5.73 Å². The molecule has 1 aromatic rings. The molecule has 0 amide bonds. The fraction of sp³-hybridized carbons (Fsp3) is 0.111. The summed E-state index contributed by atoms with van der Waals surface area (Å²) in [4.78, 5) is 10.5. The second kappa shape index (κ2) is 3.85. The van der Waals surface area contributed by atoms with Gasteiger partial charge in [0, 0.05) is 6.54 Å². The number of aromatic carboxylic acids is 1. The maximum atomic E-state index is 13.0. The van der Waals surface area contributed by atoms with E-state index < -0.39 is 17.3 Å². The highest BCUT2D eigenvalue weighted by Crippen LogP contribution is 2.15. The first kappa shape index (κ1) is 10.2. The lowest BCUT2D eigenvalue weighted by Gasteiger charge is -2.03. The third-order valence-corrected chi connectivity index (χ3v) is 1.76. The van der Waals surface area contributed by atoms with Gasteiger partial charge >= 0.3 is 5.97 Å². The Labute approximate surface area is 79.4 Å². The zero-order chi connectivity index (χ0) is 10.7. The molecule has 0 fully saturated rings. The Balaban J connectivity index is 3.39. The molecule has 1 rings (SSSR count). The van der Waals surface area contributed by atoms with Crippen molar-refractivity contribution in [2.45, 2.75) is 6.54 Å². The van der Waals surface area contributed by atoms with Crippen molar-refractivity contribution < 1.29 is 14.3 Å². The summed E-state index contributed by atoms with van der Waals surface area (Å²) in [5.41, 5.74) is 5.20. The molecule has 0 atom stereocenters. The maximum Gasteiger partial charge on any atom is 0.338 e. The number of carboxylic acid groups (broad SMARTS) is 1. The van der Waals surface area contributed by atoms with Crippen molar-refractivity contribution in [2.24, 2.45) is 5.73 Å². The van der Waals surface area contributed by atoms with E-state index in [4.69, 9.17) is 16.1 Å². The maximum absolute atomic E-state index is 13.0. The molecule has 14 heavy (non-hydrogen) atoms. The molecule has 72 valence electrons. The molecular formula is C9H7FN2O2. The highest BCUT2D eigenvalue weighted by Gasteiger charge is 2.13. The van der Waals surface area contributed by atoms with E-state index in [0.29, 0.717) is 5.56 Å². The summed E-state index contributed by atoms with van der Waals surface area (Å²) in [6.07, 6.45) is 0. The van der Waals surface area contributed by atoms with Crippen molar-refractivity contribution in [3.05, 3.63) is 34.6 Å². The van der Waals surface area contributed by atoms with Gasteiger partial charge in [-0.1, -0.05) is 0 Å². The van der Waals surface area contributed by atoms with Crippen LogP contribution in [0.15, 0.2) is 12.1 Å². The average molecular weight is 194 g/mol. The summed E-state index contributed by atoms with van der Waals surface area (Å²) in [7, 11) is 0. The third-order valence-electron chi connectivity index (χ3n) is 1.76. The number of rotatable bonds is 2. The molecule has 0 aliphatic heterocycles. The molecule has 0 bridgehead atoms. The van der Waals surface area contributed by atoms with Crippen molar-refractivity contribution in [1.82, 2.24) is 0 Å². The lowest BCUT2D eigenvalue weighted by atomic mass is 10.0. The van der Waals surface area contributed by atoms with Crippen LogP contribution in [0.1, 0.15) is 21.5 Å². The number of carboxylic acids is 1. The summed E-state index contributed by atoms with van der Waals surface area (Å²) < 4.78 is 13.0. The Hall–Kier alpha value is -1.93. The summed E-state index contributed by atoms with van der Waals surface area (Å²) >= 11 is 0. The molecule has 0 saturated heterocycles. The number of nitriles is 1. The Morgan fingerprint density at radius 3 is 2.71 bits per heavy atom. The fourth-order valence-electron chi connectivity index (χ4n) is 1.05. The van der Waals surface area contributed by atoms with Gasteiger partial charge in [0.15, 0.2) is 0 Å². The van der Waals surface area contributed by atoms with E-state index >= 15 is 0 Å². The minimum Gasteiger partial charge on any atom is -0.478 e. The van der Waals surface area contributed by atoms with Gasteiger partial charge < -0.3 is 10.8 Å². The first-order chi connectivity index (χ1) is 6.60. The van der Waals surface area contributed by atoms with Crippen molar-refractivity contribution >= 4 is 5.97 Å². The summed E-state index contributed by atoms with van der Waals surface area (Å²) in [6, 6.07) is 3.70. The smallest absolute Gasteiger partial charge is 0.338 e. The van der Waals surface area contributed by atoms with Crippen LogP contribution in [0.25, 0.3) is 0 Å². The average Bonchev–Trinajstić information content (AvgIpc) is 2.16. The number of nitrogens with zero attached hydrogens (tertiary/aromatic N) is 1. The van der Waals surface area contributed by atoms with Gasteiger partial charge in [-0.25, -0.2) is 9.18 Å². The van der Waals surface area contributed by atoms with Crippen LogP contribution in [-0.2, 0) is 6.54 Å². The Morgan fingerprint density at radius 1 is 1.64 bits per heavy atom. The second-order valence-electron chi connectivity index (χ2n) is 2.61. The molecule has 3 N–H and O–H groups in total. The number of benzene rings is 1. The van der Waals surface area contributed by atoms with E-state index in [-0.39, 0.29) is 12.1 Å². The molecule has 1 aromatic carbocycles. The number of nitrogens with two attached hydrogens (primary N) is 1. The largest absolute Gasteiger partial charge is 0.478 e.